The lowest BCUT2D eigenvalue weighted by molar-refractivity contribution is -0.132. The second-order valence-corrected chi connectivity index (χ2v) is 9.29. The molecule has 1 aromatic carbocycles. The van der Waals surface area contributed by atoms with Gasteiger partial charge in [0.1, 0.15) is 16.4 Å². The van der Waals surface area contributed by atoms with Gasteiger partial charge in [0.2, 0.25) is 0 Å². The Morgan fingerprint density at radius 3 is 2.57 bits per heavy atom. The molecule has 0 saturated carbocycles. The molecule has 0 bridgehead atoms. The Morgan fingerprint density at radius 2 is 1.92 bits per heavy atom. The van der Waals surface area contributed by atoms with Gasteiger partial charge < -0.3 is 14.6 Å². The van der Waals surface area contributed by atoms with E-state index in [4.69, 9.17) is 9.47 Å². The Balaban J connectivity index is 1.78. The van der Waals surface area contributed by atoms with Crippen LogP contribution in [0.5, 0.6) is 5.75 Å². The van der Waals surface area contributed by atoms with Crippen molar-refractivity contribution in [1.29, 1.82) is 0 Å². The number of esters is 1. The Bertz CT molecular complexity index is 1330. The Labute approximate surface area is 218 Å². The van der Waals surface area contributed by atoms with E-state index in [-0.39, 0.29) is 27.9 Å². The normalized spacial score (nSPS) is 16.7. The van der Waals surface area contributed by atoms with E-state index in [2.05, 4.69) is 16.9 Å². The molecule has 1 fully saturated rings. The Morgan fingerprint density at radius 1 is 1.16 bits per heavy atom. The number of pyridine rings is 1. The molecule has 3 aromatic rings. The summed E-state index contributed by atoms with van der Waals surface area (Å²) in [5, 5.41) is 11.4. The van der Waals surface area contributed by atoms with Crippen LogP contribution in [-0.2, 0) is 14.3 Å². The van der Waals surface area contributed by atoms with Crippen LogP contribution < -0.4 is 9.64 Å². The molecule has 1 atom stereocenters. The number of nitrogens with zero attached hydrogens (tertiary/aromatic N) is 3. The number of anilines is 1. The van der Waals surface area contributed by atoms with Gasteiger partial charge in [-0.15, -0.1) is 0 Å². The smallest absolute Gasteiger partial charge is 0.350 e. The van der Waals surface area contributed by atoms with Crippen LogP contribution in [0, 0.1) is 6.92 Å². The van der Waals surface area contributed by atoms with Gasteiger partial charge in [-0.05, 0) is 56.2 Å². The summed E-state index contributed by atoms with van der Waals surface area (Å²) in [4.78, 5) is 48.9. The number of unbranched alkanes of at least 4 members (excludes halogenated alkanes) is 1. The quantitative estimate of drug-likeness (QED) is 0.140. The fourth-order valence-electron chi connectivity index (χ4n) is 3.95. The molecule has 0 aliphatic carbocycles. The van der Waals surface area contributed by atoms with Gasteiger partial charge in [0, 0.05) is 18.0 Å². The highest BCUT2D eigenvalue weighted by Crippen LogP contribution is 2.43. The summed E-state index contributed by atoms with van der Waals surface area (Å²) in [6, 6.07) is 9.07. The van der Waals surface area contributed by atoms with Crippen molar-refractivity contribution >= 4 is 39.9 Å². The molecule has 9 nitrogen and oxygen atoms in total. The first kappa shape index (κ1) is 26.0. The molecule has 1 aliphatic heterocycles. The number of benzene rings is 1. The van der Waals surface area contributed by atoms with Crippen molar-refractivity contribution in [3.8, 4) is 5.75 Å². The van der Waals surface area contributed by atoms with Gasteiger partial charge in [-0.3, -0.25) is 19.5 Å². The third-order valence-electron chi connectivity index (χ3n) is 5.79. The van der Waals surface area contributed by atoms with Gasteiger partial charge in [0.05, 0.1) is 30.5 Å². The van der Waals surface area contributed by atoms with E-state index in [0.29, 0.717) is 29.2 Å². The molecule has 0 spiro atoms. The molecule has 1 aliphatic rings. The molecular formula is C27H27N3O6S. The molecule has 0 radical (unpaired) electrons. The van der Waals surface area contributed by atoms with Crippen LogP contribution >= 0.6 is 11.3 Å². The number of ketones is 1. The number of aromatic nitrogens is 2. The van der Waals surface area contributed by atoms with Crippen molar-refractivity contribution < 1.29 is 29.0 Å². The summed E-state index contributed by atoms with van der Waals surface area (Å²) in [5.74, 6) is -1.97. The third kappa shape index (κ3) is 5.24. The molecule has 192 valence electrons. The van der Waals surface area contributed by atoms with E-state index in [1.807, 2.05) is 0 Å². The van der Waals surface area contributed by atoms with E-state index < -0.39 is 23.7 Å². The topological polar surface area (TPSA) is 119 Å². The molecule has 4 rings (SSSR count). The first-order valence-corrected chi connectivity index (χ1v) is 12.8. The largest absolute Gasteiger partial charge is 0.507 e. The van der Waals surface area contributed by atoms with Gasteiger partial charge in [0.25, 0.3) is 5.78 Å². The van der Waals surface area contributed by atoms with Gasteiger partial charge in [-0.25, -0.2) is 9.78 Å². The number of hydrogen-bond acceptors (Lipinski definition) is 9. The number of carbonyl (C=O) groups is 3. The number of rotatable bonds is 9. The maximum absolute atomic E-state index is 13.3. The number of carbonyl (C=O) groups excluding carboxylic acids is 3. The van der Waals surface area contributed by atoms with E-state index in [9.17, 15) is 19.5 Å². The second kappa shape index (κ2) is 11.3. The number of aryl methyl sites for hydroxylation is 1. The second-order valence-electron chi connectivity index (χ2n) is 8.31. The number of thiazole rings is 1. The molecule has 10 heteroatoms. The summed E-state index contributed by atoms with van der Waals surface area (Å²) < 4.78 is 10.8. The Kier molecular flexibility index (Phi) is 7.98. The summed E-state index contributed by atoms with van der Waals surface area (Å²) >= 11 is 0.956. The molecule has 0 unspecified atom stereocenters. The third-order valence-corrected chi connectivity index (χ3v) is 6.93. The minimum Gasteiger partial charge on any atom is -0.507 e. The highest BCUT2D eigenvalue weighted by molar-refractivity contribution is 7.17. The maximum Gasteiger partial charge on any atom is 0.350 e. The Hall–Kier alpha value is -4.05. The fourth-order valence-corrected chi connectivity index (χ4v) is 4.94. The van der Waals surface area contributed by atoms with Gasteiger partial charge in [-0.1, -0.05) is 30.7 Å². The number of amides is 1. The standard InChI is InChI=1S/C27H27N3O6S/c1-4-6-14-36-19-11-9-17(10-12-19)22(31)20-21(18-8-7-13-28-15-18)30(25(33)23(20)32)27-29-16(3)24(37-27)26(34)35-5-2/h7-13,15,21,31H,4-6,14H2,1-3H3/t21-/m0/s1. The fraction of sp³-hybridized carbons (Fsp3) is 0.296. The molecule has 1 amide bonds. The number of aliphatic hydroxyl groups is 1. The first-order chi connectivity index (χ1) is 17.9. The van der Waals surface area contributed by atoms with Crippen LogP contribution in [-0.4, -0.2) is 45.9 Å². The first-order valence-electron chi connectivity index (χ1n) is 12.0. The van der Waals surface area contributed by atoms with E-state index in [1.165, 1.54) is 11.1 Å². The van der Waals surface area contributed by atoms with Crippen molar-refractivity contribution in [2.24, 2.45) is 0 Å². The van der Waals surface area contributed by atoms with E-state index in [0.717, 1.165) is 24.2 Å². The van der Waals surface area contributed by atoms with E-state index >= 15 is 0 Å². The van der Waals surface area contributed by atoms with Crippen LogP contribution in [0.25, 0.3) is 5.76 Å². The highest BCUT2D eigenvalue weighted by atomic mass is 32.1. The zero-order chi connectivity index (χ0) is 26.5. The minimum atomic E-state index is -0.991. The van der Waals surface area contributed by atoms with Gasteiger partial charge >= 0.3 is 11.9 Å². The molecule has 2 aromatic heterocycles. The number of Topliss-reactive ketones (excluding diaryl/α,β-unsaturated/α-hetero) is 1. The summed E-state index contributed by atoms with van der Waals surface area (Å²) in [6.45, 7) is 6.17. The highest BCUT2D eigenvalue weighted by Gasteiger charge is 2.48. The molecule has 1 saturated heterocycles. The van der Waals surface area contributed by atoms with Gasteiger partial charge in [-0.2, -0.15) is 0 Å². The predicted molar refractivity (Wildman–Crippen MR) is 139 cm³/mol. The monoisotopic (exact) mass is 521 g/mol. The van der Waals surface area contributed by atoms with Crippen LogP contribution in [0.3, 0.4) is 0 Å². The van der Waals surface area contributed by atoms with Crippen LogP contribution in [0.15, 0.2) is 54.4 Å². The zero-order valence-corrected chi connectivity index (χ0v) is 21.6. The van der Waals surface area contributed by atoms with Crippen LogP contribution in [0.1, 0.15) is 59.2 Å². The molecule has 37 heavy (non-hydrogen) atoms. The average molecular weight is 522 g/mol. The zero-order valence-electron chi connectivity index (χ0n) is 20.8. The molecule has 1 N–H and O–H groups in total. The van der Waals surface area contributed by atoms with Crippen molar-refractivity contribution in [3.63, 3.8) is 0 Å². The number of aliphatic hydroxyl groups excluding tert-OH is 1. The number of hydrogen-bond donors (Lipinski definition) is 1. The van der Waals surface area contributed by atoms with Crippen molar-refractivity contribution in [1.82, 2.24) is 9.97 Å². The minimum absolute atomic E-state index is 0.0943. The lowest BCUT2D eigenvalue weighted by Crippen LogP contribution is -2.29. The van der Waals surface area contributed by atoms with Crippen molar-refractivity contribution in [2.45, 2.75) is 39.7 Å². The lowest BCUT2D eigenvalue weighted by atomic mass is 9.96. The van der Waals surface area contributed by atoms with Crippen LogP contribution in [0.2, 0.25) is 0 Å². The number of ether oxygens (including phenoxy) is 2. The lowest BCUT2D eigenvalue weighted by Gasteiger charge is -2.22. The SMILES string of the molecule is CCCCOc1ccc(C(O)=C2C(=O)C(=O)N(c3nc(C)c(C(=O)OCC)s3)[C@H]2c2cccnc2)cc1. The molecular weight excluding hydrogens is 494 g/mol. The molecule has 3 heterocycles. The predicted octanol–water partition coefficient (Wildman–Crippen LogP) is 4.83. The van der Waals surface area contributed by atoms with Crippen molar-refractivity contribution in [2.75, 3.05) is 18.1 Å². The summed E-state index contributed by atoms with van der Waals surface area (Å²) in [7, 11) is 0. The van der Waals surface area contributed by atoms with Gasteiger partial charge in [0.15, 0.2) is 5.13 Å². The van der Waals surface area contributed by atoms with E-state index in [1.54, 1.807) is 56.4 Å². The average Bonchev–Trinajstić information content (AvgIpc) is 3.41. The maximum atomic E-state index is 13.3. The van der Waals surface area contributed by atoms with Crippen LogP contribution in [0.4, 0.5) is 5.13 Å². The summed E-state index contributed by atoms with van der Waals surface area (Å²) in [6.07, 6.45) is 5.02. The summed E-state index contributed by atoms with van der Waals surface area (Å²) in [5.41, 5.74) is 1.15. The van der Waals surface area contributed by atoms with Crippen molar-refractivity contribution in [3.05, 3.63) is 76.1 Å².